The van der Waals surface area contributed by atoms with Crippen LogP contribution in [0.15, 0.2) is 194 Å². The third-order valence-electron chi connectivity index (χ3n) is 16.1. The predicted octanol–water partition coefficient (Wildman–Crippen LogP) is 19.5. The molecule has 0 atom stereocenters. The average molecular weight is 1040 g/mol. The zero-order chi connectivity index (χ0) is 56.0. The van der Waals surface area contributed by atoms with Crippen LogP contribution in [0.4, 0.5) is 0 Å². The van der Waals surface area contributed by atoms with Crippen LogP contribution in [0.25, 0.3) is 111 Å². The quantitative estimate of drug-likeness (QED) is 0.159. The Bertz CT molecular complexity index is 4230. The van der Waals surface area contributed by atoms with Gasteiger partial charge in [0.05, 0.1) is 50.6 Å². The van der Waals surface area contributed by atoms with E-state index in [0.717, 1.165) is 72.4 Å². The smallest absolute Gasteiger partial charge is 0.166 e. The molecule has 80 heavy (non-hydrogen) atoms. The molecule has 0 fully saturated rings. The average Bonchev–Trinajstić information content (AvgIpc) is 3.98. The third-order valence-corrected chi connectivity index (χ3v) is 16.1. The van der Waals surface area contributed by atoms with E-state index in [1.165, 1.54) is 43.8 Å². The van der Waals surface area contributed by atoms with E-state index >= 15 is 0 Å². The van der Waals surface area contributed by atoms with E-state index in [-0.39, 0.29) is 21.7 Å². The van der Waals surface area contributed by atoms with Gasteiger partial charge in [0.15, 0.2) is 17.5 Å². The Labute approximate surface area is 471 Å². The van der Waals surface area contributed by atoms with Crippen molar-refractivity contribution in [1.82, 2.24) is 24.1 Å². The first-order valence-electron chi connectivity index (χ1n) is 28.0. The molecule has 0 spiro atoms. The van der Waals surface area contributed by atoms with Crippen molar-refractivity contribution in [1.29, 1.82) is 5.26 Å². The lowest BCUT2D eigenvalue weighted by Gasteiger charge is -2.22. The van der Waals surface area contributed by atoms with Gasteiger partial charge in [-0.1, -0.05) is 198 Å². The van der Waals surface area contributed by atoms with E-state index in [1.807, 2.05) is 48.5 Å². The van der Waals surface area contributed by atoms with E-state index in [4.69, 9.17) is 15.0 Å². The van der Waals surface area contributed by atoms with Crippen molar-refractivity contribution in [2.24, 2.45) is 0 Å². The van der Waals surface area contributed by atoms with Crippen molar-refractivity contribution in [3.8, 4) is 73.9 Å². The highest BCUT2D eigenvalue weighted by molar-refractivity contribution is 6.12. The number of nitriles is 1. The van der Waals surface area contributed by atoms with Crippen LogP contribution >= 0.6 is 0 Å². The predicted molar refractivity (Wildman–Crippen MR) is 335 cm³/mol. The zero-order valence-electron chi connectivity index (χ0n) is 48.2. The second kappa shape index (κ2) is 19.2. The fraction of sp³-hybridized carbons (Fsp3) is 0.216. The molecule has 0 aliphatic heterocycles. The molecule has 12 aromatic rings. The molecule has 9 aromatic carbocycles. The van der Waals surface area contributed by atoms with Gasteiger partial charge in [0.25, 0.3) is 0 Å². The summed E-state index contributed by atoms with van der Waals surface area (Å²) in [5.74, 6) is 1.72. The minimum Gasteiger partial charge on any atom is -0.309 e. The molecule has 0 aliphatic rings. The van der Waals surface area contributed by atoms with Crippen molar-refractivity contribution in [2.75, 3.05) is 0 Å². The zero-order valence-corrected chi connectivity index (χ0v) is 48.2. The summed E-state index contributed by atoms with van der Waals surface area (Å²) in [5.41, 5.74) is 18.5. The molecule has 0 radical (unpaired) electrons. The molecule has 0 saturated heterocycles. The van der Waals surface area contributed by atoms with E-state index in [9.17, 15) is 5.26 Å². The molecule has 0 aliphatic carbocycles. The molecule has 0 unspecified atom stereocenters. The van der Waals surface area contributed by atoms with Crippen LogP contribution in [0.3, 0.4) is 0 Å². The summed E-state index contributed by atoms with van der Waals surface area (Å²) >= 11 is 0. The Hall–Kier alpha value is -8.92. The highest BCUT2D eigenvalue weighted by Crippen LogP contribution is 2.47. The van der Waals surface area contributed by atoms with Gasteiger partial charge >= 0.3 is 0 Å². The maximum absolute atomic E-state index is 9.92. The molecular weight excluding hydrogens is 973 g/mol. The van der Waals surface area contributed by atoms with Crippen molar-refractivity contribution in [3.05, 3.63) is 222 Å². The molecule has 394 valence electrons. The van der Waals surface area contributed by atoms with Crippen LogP contribution in [-0.2, 0) is 21.7 Å². The Balaban J connectivity index is 1.26. The topological polar surface area (TPSA) is 72.3 Å². The van der Waals surface area contributed by atoms with E-state index in [0.29, 0.717) is 23.0 Å². The van der Waals surface area contributed by atoms with Gasteiger partial charge in [-0.15, -0.1) is 0 Å². The number of nitrogens with zero attached hydrogens (tertiary/aromatic N) is 6. The first-order chi connectivity index (χ1) is 38.1. The SMILES string of the molecule is CC(C)(C)c1ccc2c(c1)c1cc(C(C)(C)C)ccc1n2-c1ccc(-c2ccc(C#N)cc2)cc1-c1cccc(-n2c3ccc(C(C)(C)C)cc3c3cc(C(C)(C)C)ccc32)c1-c1nc(-c2ccccc2)nc(-c2ccccc2)n1. The van der Waals surface area contributed by atoms with Crippen molar-refractivity contribution in [3.63, 3.8) is 0 Å². The Morgan fingerprint density at radius 1 is 0.325 bits per heavy atom. The van der Waals surface area contributed by atoms with Gasteiger partial charge in [0.1, 0.15) is 0 Å². The summed E-state index contributed by atoms with van der Waals surface area (Å²) in [6, 6.07) is 72.4. The number of aromatic nitrogens is 5. The molecule has 0 amide bonds. The number of hydrogen-bond acceptors (Lipinski definition) is 4. The molecular formula is C74H68N6. The number of benzene rings is 9. The Kier molecular flexibility index (Phi) is 12.4. The molecule has 6 heteroatoms. The van der Waals surface area contributed by atoms with Gasteiger partial charge in [0.2, 0.25) is 0 Å². The highest BCUT2D eigenvalue weighted by Gasteiger charge is 2.28. The minimum atomic E-state index is -0.0757. The summed E-state index contributed by atoms with van der Waals surface area (Å²) < 4.78 is 4.92. The van der Waals surface area contributed by atoms with Crippen LogP contribution in [0.5, 0.6) is 0 Å². The summed E-state index contributed by atoms with van der Waals surface area (Å²) in [4.78, 5) is 16.4. The largest absolute Gasteiger partial charge is 0.309 e. The second-order valence-corrected chi connectivity index (χ2v) is 25.8. The second-order valence-electron chi connectivity index (χ2n) is 25.8. The molecule has 12 rings (SSSR count). The fourth-order valence-corrected chi connectivity index (χ4v) is 11.4. The number of hydrogen-bond donors (Lipinski definition) is 0. The van der Waals surface area contributed by atoms with Crippen molar-refractivity contribution in [2.45, 2.75) is 105 Å². The first kappa shape index (κ1) is 51.8. The van der Waals surface area contributed by atoms with Crippen LogP contribution in [0.2, 0.25) is 0 Å². The fourth-order valence-electron chi connectivity index (χ4n) is 11.4. The minimum absolute atomic E-state index is 0.0648. The summed E-state index contributed by atoms with van der Waals surface area (Å²) in [6.07, 6.45) is 0. The highest BCUT2D eigenvalue weighted by atomic mass is 15.1. The lowest BCUT2D eigenvalue weighted by atomic mass is 9.85. The maximum atomic E-state index is 9.92. The van der Waals surface area contributed by atoms with Gasteiger partial charge in [-0.25, -0.2) is 15.0 Å². The monoisotopic (exact) mass is 1040 g/mol. The van der Waals surface area contributed by atoms with E-state index in [2.05, 4.69) is 244 Å². The lowest BCUT2D eigenvalue weighted by Crippen LogP contribution is -2.10. The number of rotatable bonds is 7. The summed E-state index contributed by atoms with van der Waals surface area (Å²) in [7, 11) is 0. The van der Waals surface area contributed by atoms with Gasteiger partial charge in [0, 0.05) is 38.2 Å². The van der Waals surface area contributed by atoms with E-state index < -0.39 is 0 Å². The lowest BCUT2D eigenvalue weighted by molar-refractivity contribution is 0.590. The van der Waals surface area contributed by atoms with Crippen LogP contribution < -0.4 is 0 Å². The molecule has 0 bridgehead atoms. The number of fused-ring (bicyclic) bond motifs is 6. The van der Waals surface area contributed by atoms with Gasteiger partial charge in [-0.05, 0) is 139 Å². The molecule has 6 nitrogen and oxygen atoms in total. The third kappa shape index (κ3) is 9.25. The van der Waals surface area contributed by atoms with Gasteiger partial charge in [-0.2, -0.15) is 5.26 Å². The molecule has 3 aromatic heterocycles. The Morgan fingerprint density at radius 2 is 0.713 bits per heavy atom. The molecule has 3 heterocycles. The van der Waals surface area contributed by atoms with Crippen LogP contribution in [0.1, 0.15) is 111 Å². The summed E-state index contributed by atoms with van der Waals surface area (Å²) in [6.45, 7) is 27.5. The van der Waals surface area contributed by atoms with Crippen LogP contribution in [0, 0.1) is 11.3 Å². The first-order valence-corrected chi connectivity index (χ1v) is 28.0. The van der Waals surface area contributed by atoms with Gasteiger partial charge in [-0.3, -0.25) is 0 Å². The van der Waals surface area contributed by atoms with Crippen LogP contribution in [-0.4, -0.2) is 24.1 Å². The maximum Gasteiger partial charge on any atom is 0.166 e. The standard InChI is InChI=1S/C74H68N6/c1-71(2,3)51-31-36-62-57(41-51)58-42-52(72(4,5)6)32-37-63(58)79(62)61-35-30-50(47-28-26-46(45-75)27-29-47)40-56(61)55-24-19-25-66(67(55)70-77-68(48-20-15-13-16-21-48)76-69(78-70)49-22-17-14-18-23-49)80-64-38-33-53(73(7,8)9)43-59(64)60-44-54(74(10,11)12)34-39-65(60)80/h13-44H,1-12H3. The summed E-state index contributed by atoms with van der Waals surface area (Å²) in [5, 5.41) is 14.7. The van der Waals surface area contributed by atoms with Crippen molar-refractivity contribution >= 4 is 43.6 Å². The van der Waals surface area contributed by atoms with Crippen molar-refractivity contribution < 1.29 is 0 Å². The van der Waals surface area contributed by atoms with Gasteiger partial charge < -0.3 is 9.13 Å². The van der Waals surface area contributed by atoms with E-state index in [1.54, 1.807) is 0 Å². The molecule has 0 saturated carbocycles. The Morgan fingerprint density at radius 3 is 1.11 bits per heavy atom. The normalized spacial score (nSPS) is 12.5. The molecule has 0 N–H and O–H groups in total.